The first-order chi connectivity index (χ1) is 6.01. The molecule has 2 unspecified atom stereocenters. The molecule has 2 nitrogen and oxygen atoms in total. The topological polar surface area (TPSA) is 29.3 Å². The van der Waals surface area contributed by atoms with Crippen molar-refractivity contribution >= 4 is 0 Å². The van der Waals surface area contributed by atoms with E-state index in [1.807, 2.05) is 0 Å². The summed E-state index contributed by atoms with van der Waals surface area (Å²) in [6.45, 7) is 9.55. The first-order valence-corrected chi connectivity index (χ1v) is 4.89. The zero-order chi connectivity index (χ0) is 10.5. The molecule has 0 aromatic heterocycles. The molecule has 74 valence electrons. The summed E-state index contributed by atoms with van der Waals surface area (Å²) in [7, 11) is 2.15. The van der Waals surface area contributed by atoms with Crippen LogP contribution in [0.25, 0.3) is 0 Å². The standard InChI is InChI=1S/C10H24N2/c1-6-9(3)12(5)10(4,7-2)8-11/h9H,6-8,11H2,1-5H3/i/hT. The molecule has 0 aromatic carbocycles. The molecule has 0 amide bonds. The summed E-state index contributed by atoms with van der Waals surface area (Å²) in [5.74, 6) is 0. The van der Waals surface area contributed by atoms with Gasteiger partial charge in [-0.05, 0) is 33.7 Å². The number of nitrogens with two attached hydrogens (primary N) is 1. The normalized spacial score (nSPS) is 20.3. The Morgan fingerprint density at radius 2 is 2.17 bits per heavy atom. The van der Waals surface area contributed by atoms with Crippen LogP contribution in [-0.2, 0) is 0 Å². The quantitative estimate of drug-likeness (QED) is 0.666. The van der Waals surface area contributed by atoms with Crippen LogP contribution in [-0.4, -0.2) is 30.1 Å². The van der Waals surface area contributed by atoms with Gasteiger partial charge in [-0.15, -0.1) is 0 Å². The van der Waals surface area contributed by atoms with Gasteiger partial charge < -0.3 is 5.73 Å². The minimum Gasteiger partial charge on any atom is -0.329 e. The lowest BCUT2D eigenvalue weighted by molar-refractivity contribution is 0.0944. The Morgan fingerprint density at radius 1 is 1.58 bits per heavy atom. The Morgan fingerprint density at radius 3 is 2.50 bits per heavy atom. The van der Waals surface area contributed by atoms with Crippen LogP contribution in [0.15, 0.2) is 0 Å². The van der Waals surface area contributed by atoms with Crippen molar-refractivity contribution in [2.45, 2.75) is 52.1 Å². The molecule has 0 aliphatic carbocycles. The van der Waals surface area contributed by atoms with Gasteiger partial charge in [0.1, 0.15) is 1.41 Å². The Kier molecular flexibility index (Phi) is 4.02. The molecular formula is C10H24N2. The smallest absolute Gasteiger partial charge is 0.118 e. The predicted octanol–water partition coefficient (Wildman–Crippen LogP) is 1.84. The molecule has 0 aliphatic rings. The van der Waals surface area contributed by atoms with Gasteiger partial charge in [0.2, 0.25) is 0 Å². The number of hydrogen-bond acceptors (Lipinski definition) is 2. The van der Waals surface area contributed by atoms with E-state index < -0.39 is 0 Å². The van der Waals surface area contributed by atoms with Gasteiger partial charge in [0.05, 0.1) is 0 Å². The van der Waals surface area contributed by atoms with E-state index in [2.05, 4.69) is 45.4 Å². The Hall–Kier alpha value is -0.0800. The average molecular weight is 174 g/mol. The summed E-state index contributed by atoms with van der Waals surface area (Å²) in [5.41, 5.74) is 2.64. The Balaban J connectivity index is 4.35. The Labute approximate surface area is 78.6 Å². The second-order valence-electron chi connectivity index (χ2n) is 3.90. The van der Waals surface area contributed by atoms with Gasteiger partial charge in [-0.3, -0.25) is 4.90 Å². The third-order valence-electron chi connectivity index (χ3n) is 3.25. The molecule has 0 saturated carbocycles. The van der Waals surface area contributed by atoms with Crippen LogP contribution in [0.2, 0.25) is 1.41 Å². The first-order valence-electron chi connectivity index (χ1n) is 5.39. The van der Waals surface area contributed by atoms with Crippen molar-refractivity contribution < 1.29 is 1.41 Å². The fourth-order valence-electron chi connectivity index (χ4n) is 1.31. The van der Waals surface area contributed by atoms with E-state index in [-0.39, 0.29) is 5.54 Å². The van der Waals surface area contributed by atoms with Crippen molar-refractivity contribution in [1.82, 2.24) is 4.90 Å². The molecule has 2 atom stereocenters. The number of likely N-dealkylation sites (N-methyl/N-ethyl adjacent to an activating group) is 1. The van der Waals surface area contributed by atoms with E-state index in [1.165, 1.54) is 0 Å². The van der Waals surface area contributed by atoms with Gasteiger partial charge >= 0.3 is 0 Å². The number of rotatable bonds is 6. The molecule has 0 aromatic rings. The van der Waals surface area contributed by atoms with Crippen LogP contribution in [0.1, 0.15) is 40.5 Å². The molecule has 2 N–H and O–H groups in total. The highest BCUT2D eigenvalue weighted by atomic mass is 15.2. The van der Waals surface area contributed by atoms with Crippen LogP contribution >= 0.6 is 0 Å². The molecular weight excluding hydrogens is 148 g/mol. The molecule has 12 heavy (non-hydrogen) atoms. The Bertz CT molecular complexity index is 141. The summed E-state index contributed by atoms with van der Waals surface area (Å²) >= 11 is 0. The van der Waals surface area contributed by atoms with Crippen LogP contribution < -0.4 is 5.73 Å². The monoisotopic (exact) mass is 174 g/mol. The third-order valence-corrected chi connectivity index (χ3v) is 3.25. The fraction of sp³-hybridized carbons (Fsp3) is 1.00. The van der Waals surface area contributed by atoms with Crippen molar-refractivity contribution in [3.63, 3.8) is 0 Å². The number of hydrogen-bond donors (Lipinski definition) is 1. The minimum absolute atomic E-state index is 0.108. The van der Waals surface area contributed by atoms with E-state index in [9.17, 15) is 0 Å². The summed E-state index contributed by atoms with van der Waals surface area (Å²) in [4.78, 5) is 2.37. The average Bonchev–Trinajstić information content (AvgIpc) is 2.15. The van der Waals surface area contributed by atoms with Gasteiger partial charge in [0.15, 0.2) is 0 Å². The molecule has 0 heterocycles. The van der Waals surface area contributed by atoms with Crippen molar-refractivity contribution in [3.8, 4) is 0 Å². The summed E-state index contributed by atoms with van der Waals surface area (Å²) in [6.07, 6.45) is 2.23. The van der Waals surface area contributed by atoms with Crippen LogP contribution in [0, 0.1) is 0 Å². The number of nitrogens with zero attached hydrogens (tertiary/aromatic N) is 1. The molecule has 0 spiro atoms. The molecule has 2 heteroatoms. The van der Waals surface area contributed by atoms with Gasteiger partial charge in [0, 0.05) is 18.1 Å². The molecule has 0 radical (unpaired) electrons. The largest absolute Gasteiger partial charge is 0.329 e. The minimum atomic E-state index is 0.108. The summed E-state index contributed by atoms with van der Waals surface area (Å²) < 4.78 is 7.08. The first kappa shape index (κ1) is 10.0. The fourth-order valence-corrected chi connectivity index (χ4v) is 1.31. The van der Waals surface area contributed by atoms with Gasteiger partial charge in [-0.1, -0.05) is 13.8 Å². The van der Waals surface area contributed by atoms with Crippen LogP contribution in [0.4, 0.5) is 0 Å². The highest BCUT2D eigenvalue weighted by molar-refractivity contribution is 4.86. The SMILES string of the molecule is [3H]NCC(C)(CC)N(C)C(C)CC. The zero-order valence-corrected chi connectivity index (χ0v) is 9.15. The lowest BCUT2D eigenvalue weighted by atomic mass is 9.95. The zero-order valence-electron chi connectivity index (χ0n) is 10.1. The second-order valence-corrected chi connectivity index (χ2v) is 3.90. The molecule has 0 rings (SSSR count). The van der Waals surface area contributed by atoms with E-state index in [4.69, 9.17) is 1.41 Å². The van der Waals surface area contributed by atoms with E-state index in [0.29, 0.717) is 6.04 Å². The highest BCUT2D eigenvalue weighted by Crippen LogP contribution is 2.19. The lowest BCUT2D eigenvalue weighted by Crippen LogP contribution is -2.52. The van der Waals surface area contributed by atoms with Gasteiger partial charge in [-0.25, -0.2) is 0 Å². The summed E-state index contributed by atoms with van der Waals surface area (Å²) in [6, 6.07) is 0.582. The van der Waals surface area contributed by atoms with E-state index >= 15 is 0 Å². The maximum Gasteiger partial charge on any atom is 0.118 e. The van der Waals surface area contributed by atoms with Crippen molar-refractivity contribution in [1.29, 1.82) is 0 Å². The third kappa shape index (κ3) is 2.46. The highest BCUT2D eigenvalue weighted by Gasteiger charge is 2.27. The van der Waals surface area contributed by atoms with Crippen LogP contribution in [0.5, 0.6) is 0 Å². The van der Waals surface area contributed by atoms with Gasteiger partial charge in [-0.2, -0.15) is 0 Å². The lowest BCUT2D eigenvalue weighted by Gasteiger charge is -2.41. The summed E-state index contributed by atoms with van der Waals surface area (Å²) in [5, 5.41) is 0. The maximum atomic E-state index is 7.08. The van der Waals surface area contributed by atoms with Crippen LogP contribution in [0.3, 0.4) is 0 Å². The molecule has 0 fully saturated rings. The van der Waals surface area contributed by atoms with Crippen molar-refractivity contribution in [2.75, 3.05) is 13.6 Å². The van der Waals surface area contributed by atoms with E-state index in [1.54, 1.807) is 0 Å². The maximum absolute atomic E-state index is 7.08. The molecule has 0 saturated heterocycles. The van der Waals surface area contributed by atoms with Gasteiger partial charge in [0.25, 0.3) is 0 Å². The van der Waals surface area contributed by atoms with E-state index in [0.717, 1.165) is 19.4 Å². The van der Waals surface area contributed by atoms with Crippen molar-refractivity contribution in [3.05, 3.63) is 0 Å². The molecule has 0 bridgehead atoms. The molecule has 0 aliphatic heterocycles. The predicted molar refractivity (Wildman–Crippen MR) is 55.3 cm³/mol. The van der Waals surface area contributed by atoms with Crippen molar-refractivity contribution in [2.24, 2.45) is 5.73 Å². The second kappa shape index (κ2) is 4.83.